The highest BCUT2D eigenvalue weighted by atomic mass is 19.1. The standard InChI is InChI=1S/C15H18FN3O/c1-3-6-17-10-12-5-4-11(9-13(12)16)14-15(20-2)19-8-7-18-14/h4-5,7-9,17H,3,6,10H2,1-2H3. The van der Waals surface area contributed by atoms with Crippen molar-refractivity contribution in [1.29, 1.82) is 0 Å². The zero-order valence-electron chi connectivity index (χ0n) is 11.7. The summed E-state index contributed by atoms with van der Waals surface area (Å²) in [6, 6.07) is 5.06. The van der Waals surface area contributed by atoms with Gasteiger partial charge < -0.3 is 10.1 Å². The van der Waals surface area contributed by atoms with E-state index in [9.17, 15) is 4.39 Å². The van der Waals surface area contributed by atoms with Gasteiger partial charge in [0.05, 0.1) is 7.11 Å². The van der Waals surface area contributed by atoms with Crippen molar-refractivity contribution in [2.75, 3.05) is 13.7 Å². The molecule has 0 unspecified atom stereocenters. The van der Waals surface area contributed by atoms with E-state index in [1.807, 2.05) is 6.07 Å². The van der Waals surface area contributed by atoms with E-state index in [0.29, 0.717) is 29.2 Å². The molecule has 4 nitrogen and oxygen atoms in total. The summed E-state index contributed by atoms with van der Waals surface area (Å²) < 4.78 is 19.2. The van der Waals surface area contributed by atoms with Gasteiger partial charge in [-0.05, 0) is 19.0 Å². The lowest BCUT2D eigenvalue weighted by Gasteiger charge is -2.09. The number of hydrogen-bond donors (Lipinski definition) is 1. The number of hydrogen-bond acceptors (Lipinski definition) is 4. The van der Waals surface area contributed by atoms with Crippen LogP contribution in [0.3, 0.4) is 0 Å². The molecule has 0 aliphatic rings. The Kier molecular flexibility index (Phi) is 5.01. The highest BCUT2D eigenvalue weighted by Gasteiger charge is 2.11. The third-order valence-electron chi connectivity index (χ3n) is 2.93. The summed E-state index contributed by atoms with van der Waals surface area (Å²) in [4.78, 5) is 8.26. The van der Waals surface area contributed by atoms with E-state index in [1.165, 1.54) is 13.2 Å². The molecule has 2 rings (SSSR count). The molecule has 1 heterocycles. The SMILES string of the molecule is CCCNCc1ccc(-c2nccnc2OC)cc1F. The summed E-state index contributed by atoms with van der Waals surface area (Å²) >= 11 is 0. The number of aromatic nitrogens is 2. The van der Waals surface area contributed by atoms with Gasteiger partial charge in [-0.15, -0.1) is 0 Å². The molecule has 0 saturated heterocycles. The number of methoxy groups -OCH3 is 1. The van der Waals surface area contributed by atoms with Crippen LogP contribution in [0.1, 0.15) is 18.9 Å². The van der Waals surface area contributed by atoms with Crippen LogP contribution in [0.4, 0.5) is 4.39 Å². The van der Waals surface area contributed by atoms with Gasteiger partial charge >= 0.3 is 0 Å². The molecule has 1 N–H and O–H groups in total. The minimum Gasteiger partial charge on any atom is -0.479 e. The second-order valence-corrected chi connectivity index (χ2v) is 4.40. The Morgan fingerprint density at radius 3 is 2.75 bits per heavy atom. The van der Waals surface area contributed by atoms with Crippen LogP contribution in [0.5, 0.6) is 5.88 Å². The first-order valence-corrected chi connectivity index (χ1v) is 6.60. The van der Waals surface area contributed by atoms with Gasteiger partial charge in [-0.3, -0.25) is 0 Å². The van der Waals surface area contributed by atoms with E-state index in [-0.39, 0.29) is 5.82 Å². The molecule has 1 aromatic heterocycles. The Labute approximate surface area is 118 Å². The van der Waals surface area contributed by atoms with Crippen molar-refractivity contribution >= 4 is 0 Å². The minimum absolute atomic E-state index is 0.251. The quantitative estimate of drug-likeness (QED) is 0.823. The Bertz CT molecular complexity index is 575. The number of nitrogens with zero attached hydrogens (tertiary/aromatic N) is 2. The first-order valence-electron chi connectivity index (χ1n) is 6.60. The van der Waals surface area contributed by atoms with Crippen LogP contribution in [0.25, 0.3) is 11.3 Å². The Hall–Kier alpha value is -2.01. The maximum Gasteiger partial charge on any atom is 0.240 e. The van der Waals surface area contributed by atoms with Gasteiger partial charge in [0.1, 0.15) is 11.5 Å². The van der Waals surface area contributed by atoms with Gasteiger partial charge in [0.15, 0.2) is 0 Å². The Morgan fingerprint density at radius 1 is 1.25 bits per heavy atom. The fraction of sp³-hybridized carbons (Fsp3) is 0.333. The van der Waals surface area contributed by atoms with Crippen molar-refractivity contribution in [1.82, 2.24) is 15.3 Å². The van der Waals surface area contributed by atoms with Gasteiger partial charge in [-0.2, -0.15) is 0 Å². The minimum atomic E-state index is -0.251. The highest BCUT2D eigenvalue weighted by Crippen LogP contribution is 2.26. The lowest BCUT2D eigenvalue weighted by molar-refractivity contribution is 0.397. The van der Waals surface area contributed by atoms with Crippen LogP contribution in [-0.4, -0.2) is 23.6 Å². The monoisotopic (exact) mass is 275 g/mol. The third-order valence-corrected chi connectivity index (χ3v) is 2.93. The van der Waals surface area contributed by atoms with E-state index >= 15 is 0 Å². The number of halogens is 1. The third kappa shape index (κ3) is 3.30. The summed E-state index contributed by atoms with van der Waals surface area (Å²) in [6.07, 6.45) is 4.13. The molecule has 1 aromatic carbocycles. The zero-order chi connectivity index (χ0) is 14.4. The predicted molar refractivity (Wildman–Crippen MR) is 76.0 cm³/mol. The van der Waals surface area contributed by atoms with Gasteiger partial charge in [-0.25, -0.2) is 14.4 Å². The lowest BCUT2D eigenvalue weighted by Crippen LogP contribution is -2.14. The van der Waals surface area contributed by atoms with E-state index in [1.54, 1.807) is 18.5 Å². The molecule has 0 saturated carbocycles. The van der Waals surface area contributed by atoms with Gasteiger partial charge in [0.25, 0.3) is 0 Å². The van der Waals surface area contributed by atoms with E-state index in [2.05, 4.69) is 22.2 Å². The van der Waals surface area contributed by atoms with Crippen molar-refractivity contribution in [3.05, 3.63) is 42.0 Å². The smallest absolute Gasteiger partial charge is 0.240 e. The van der Waals surface area contributed by atoms with Crippen molar-refractivity contribution in [2.24, 2.45) is 0 Å². The lowest BCUT2D eigenvalue weighted by atomic mass is 10.1. The van der Waals surface area contributed by atoms with Gasteiger partial charge in [0, 0.05) is 30.1 Å². The van der Waals surface area contributed by atoms with Crippen LogP contribution in [0, 0.1) is 5.82 Å². The molecule has 0 radical (unpaired) electrons. The maximum absolute atomic E-state index is 14.1. The average molecular weight is 275 g/mol. The van der Waals surface area contributed by atoms with E-state index in [0.717, 1.165) is 13.0 Å². The zero-order valence-corrected chi connectivity index (χ0v) is 11.7. The molecule has 0 bridgehead atoms. The van der Waals surface area contributed by atoms with Crippen LogP contribution < -0.4 is 10.1 Å². The molecule has 0 fully saturated rings. The maximum atomic E-state index is 14.1. The predicted octanol–water partition coefficient (Wildman–Crippen LogP) is 2.79. The number of rotatable bonds is 6. The van der Waals surface area contributed by atoms with Crippen molar-refractivity contribution < 1.29 is 9.13 Å². The summed E-state index contributed by atoms with van der Waals surface area (Å²) in [7, 11) is 1.52. The highest BCUT2D eigenvalue weighted by molar-refractivity contribution is 5.64. The Balaban J connectivity index is 2.24. The van der Waals surface area contributed by atoms with Crippen LogP contribution in [0.15, 0.2) is 30.6 Å². The molecule has 20 heavy (non-hydrogen) atoms. The number of nitrogens with one attached hydrogen (secondary N) is 1. The summed E-state index contributed by atoms with van der Waals surface area (Å²) in [5, 5.41) is 3.18. The van der Waals surface area contributed by atoms with Crippen LogP contribution >= 0.6 is 0 Å². The van der Waals surface area contributed by atoms with E-state index < -0.39 is 0 Å². The molecule has 2 aromatic rings. The topological polar surface area (TPSA) is 47.0 Å². The molecule has 0 spiro atoms. The first-order chi connectivity index (χ1) is 9.76. The molecule has 0 aliphatic heterocycles. The molecule has 0 aliphatic carbocycles. The number of benzene rings is 1. The Morgan fingerprint density at radius 2 is 2.05 bits per heavy atom. The second-order valence-electron chi connectivity index (χ2n) is 4.40. The van der Waals surface area contributed by atoms with Crippen LogP contribution in [-0.2, 0) is 6.54 Å². The van der Waals surface area contributed by atoms with Crippen molar-refractivity contribution in [2.45, 2.75) is 19.9 Å². The first kappa shape index (κ1) is 14.4. The fourth-order valence-corrected chi connectivity index (χ4v) is 1.91. The average Bonchev–Trinajstić information content (AvgIpc) is 2.49. The summed E-state index contributed by atoms with van der Waals surface area (Å²) in [5.41, 5.74) is 1.85. The van der Waals surface area contributed by atoms with Gasteiger partial charge in [0.2, 0.25) is 5.88 Å². The molecular formula is C15H18FN3O. The fourth-order valence-electron chi connectivity index (χ4n) is 1.91. The molecule has 0 amide bonds. The normalized spacial score (nSPS) is 10.6. The molecule has 0 atom stereocenters. The van der Waals surface area contributed by atoms with Crippen molar-refractivity contribution in [3.63, 3.8) is 0 Å². The summed E-state index contributed by atoms with van der Waals surface area (Å²) in [5.74, 6) is 0.141. The molecule has 106 valence electrons. The van der Waals surface area contributed by atoms with Gasteiger partial charge in [-0.1, -0.05) is 19.1 Å². The second kappa shape index (κ2) is 6.96. The number of ether oxygens (including phenoxy) is 1. The summed E-state index contributed by atoms with van der Waals surface area (Å²) in [6.45, 7) is 3.48. The molecule has 5 heteroatoms. The largest absolute Gasteiger partial charge is 0.479 e. The van der Waals surface area contributed by atoms with Crippen LogP contribution in [0.2, 0.25) is 0 Å². The van der Waals surface area contributed by atoms with Crippen molar-refractivity contribution in [3.8, 4) is 17.1 Å². The molecular weight excluding hydrogens is 257 g/mol. The van der Waals surface area contributed by atoms with E-state index in [4.69, 9.17) is 4.74 Å².